The second kappa shape index (κ2) is 4.57. The number of aromatic nitrogens is 4. The molecule has 0 radical (unpaired) electrons. The average molecular weight is 292 g/mol. The zero-order valence-electron chi connectivity index (χ0n) is 10.8. The van der Waals surface area contributed by atoms with Crippen molar-refractivity contribution < 1.29 is 4.79 Å². The van der Waals surface area contributed by atoms with Gasteiger partial charge in [0.15, 0.2) is 10.8 Å². The lowest BCUT2D eigenvalue weighted by molar-refractivity contribution is -0.114. The number of Topliss-reactive ketones (excluding diaryl/α,β-unsaturated/α-hetero) is 1. The third-order valence-corrected chi connectivity index (χ3v) is 5.15. The van der Waals surface area contributed by atoms with E-state index in [4.69, 9.17) is 0 Å². The number of hydrogen-bond acceptors (Lipinski definition) is 6. The lowest BCUT2D eigenvalue weighted by Gasteiger charge is -1.98. The fraction of sp³-hybridized carbons (Fsp3) is 0.333. The van der Waals surface area contributed by atoms with E-state index in [0.717, 1.165) is 15.9 Å². The van der Waals surface area contributed by atoms with Crippen molar-refractivity contribution in [1.82, 2.24) is 19.6 Å². The second-order valence-electron chi connectivity index (χ2n) is 4.37. The minimum absolute atomic E-state index is 0.123. The van der Waals surface area contributed by atoms with Crippen LogP contribution in [0.15, 0.2) is 11.5 Å². The number of fused-ring (bicyclic) bond motifs is 3. The number of rotatable bonds is 3. The zero-order chi connectivity index (χ0) is 13.6. The SMILES string of the molecule is CC(=O)CSc1nnc2c3c(C)c(C)sc3ncn12. The van der Waals surface area contributed by atoms with E-state index in [1.807, 2.05) is 4.40 Å². The van der Waals surface area contributed by atoms with Gasteiger partial charge in [-0.1, -0.05) is 11.8 Å². The molecule has 0 fully saturated rings. The standard InChI is InChI=1S/C12H12N4OS2/c1-6(17)4-18-12-15-14-10-9-7(2)8(3)19-11(9)13-5-16(10)12/h5H,4H2,1-3H3. The first-order valence-electron chi connectivity index (χ1n) is 5.79. The number of aryl methyl sites for hydroxylation is 2. The van der Waals surface area contributed by atoms with Gasteiger partial charge in [-0.15, -0.1) is 21.5 Å². The van der Waals surface area contributed by atoms with Gasteiger partial charge in [-0.3, -0.25) is 9.20 Å². The number of thiophene rings is 1. The third-order valence-electron chi connectivity index (χ3n) is 2.95. The molecule has 0 saturated carbocycles. The Morgan fingerprint density at radius 2 is 2.21 bits per heavy atom. The van der Waals surface area contributed by atoms with Crippen LogP contribution in [0.3, 0.4) is 0 Å². The van der Waals surface area contributed by atoms with Crippen molar-refractivity contribution in [1.29, 1.82) is 0 Å². The van der Waals surface area contributed by atoms with Crippen molar-refractivity contribution in [3.63, 3.8) is 0 Å². The van der Waals surface area contributed by atoms with Crippen LogP contribution in [0.25, 0.3) is 15.9 Å². The molecule has 0 aliphatic heterocycles. The van der Waals surface area contributed by atoms with Crippen molar-refractivity contribution in [2.24, 2.45) is 0 Å². The maximum Gasteiger partial charge on any atom is 0.197 e. The molecule has 0 aliphatic carbocycles. The number of ketones is 1. The maximum absolute atomic E-state index is 11.1. The van der Waals surface area contributed by atoms with Crippen LogP contribution in [-0.2, 0) is 4.79 Å². The van der Waals surface area contributed by atoms with E-state index in [1.165, 1.54) is 22.2 Å². The number of carbonyl (C=O) groups is 1. The quantitative estimate of drug-likeness (QED) is 0.695. The van der Waals surface area contributed by atoms with E-state index in [-0.39, 0.29) is 5.78 Å². The maximum atomic E-state index is 11.1. The largest absolute Gasteiger partial charge is 0.299 e. The molecule has 0 spiro atoms. The molecule has 98 valence electrons. The van der Waals surface area contributed by atoms with Crippen molar-refractivity contribution in [2.45, 2.75) is 25.9 Å². The second-order valence-corrected chi connectivity index (χ2v) is 6.52. The van der Waals surface area contributed by atoms with E-state index >= 15 is 0 Å². The summed E-state index contributed by atoms with van der Waals surface area (Å²) in [5.74, 6) is 0.527. The van der Waals surface area contributed by atoms with Gasteiger partial charge >= 0.3 is 0 Å². The fourth-order valence-electron chi connectivity index (χ4n) is 1.89. The zero-order valence-corrected chi connectivity index (χ0v) is 12.4. The van der Waals surface area contributed by atoms with Gasteiger partial charge in [0.2, 0.25) is 0 Å². The van der Waals surface area contributed by atoms with Gasteiger partial charge < -0.3 is 0 Å². The molecule has 3 aromatic rings. The van der Waals surface area contributed by atoms with Gasteiger partial charge in [0.1, 0.15) is 16.9 Å². The summed E-state index contributed by atoms with van der Waals surface area (Å²) in [7, 11) is 0. The summed E-state index contributed by atoms with van der Waals surface area (Å²) in [5, 5.41) is 10.2. The van der Waals surface area contributed by atoms with Crippen LogP contribution >= 0.6 is 23.1 Å². The van der Waals surface area contributed by atoms with Crippen LogP contribution in [0.2, 0.25) is 0 Å². The molecule has 3 heterocycles. The van der Waals surface area contributed by atoms with Crippen molar-refractivity contribution in [2.75, 3.05) is 5.75 Å². The minimum Gasteiger partial charge on any atom is -0.299 e. The molecule has 0 unspecified atom stereocenters. The summed E-state index contributed by atoms with van der Waals surface area (Å²) in [6.45, 7) is 5.73. The van der Waals surface area contributed by atoms with Crippen LogP contribution in [-0.4, -0.2) is 31.1 Å². The molecule has 5 nitrogen and oxygen atoms in total. The fourth-order valence-corrected chi connectivity index (χ4v) is 3.58. The van der Waals surface area contributed by atoms with Gasteiger partial charge in [-0.25, -0.2) is 4.98 Å². The summed E-state index contributed by atoms with van der Waals surface area (Å²) in [4.78, 5) is 17.7. The Morgan fingerprint density at radius 3 is 2.95 bits per heavy atom. The smallest absolute Gasteiger partial charge is 0.197 e. The first kappa shape index (κ1) is 12.6. The predicted octanol–water partition coefficient (Wildman–Crippen LogP) is 2.64. The number of nitrogens with zero attached hydrogens (tertiary/aromatic N) is 4. The predicted molar refractivity (Wildman–Crippen MR) is 77.0 cm³/mol. The average Bonchev–Trinajstić information content (AvgIpc) is 2.89. The van der Waals surface area contributed by atoms with Crippen molar-refractivity contribution in [3.8, 4) is 0 Å². The number of thioether (sulfide) groups is 1. The number of carbonyl (C=O) groups excluding carboxylic acids is 1. The normalized spacial score (nSPS) is 11.5. The van der Waals surface area contributed by atoms with Crippen LogP contribution in [0.1, 0.15) is 17.4 Å². The van der Waals surface area contributed by atoms with E-state index < -0.39 is 0 Å². The molecular formula is C12H12N4OS2. The summed E-state index contributed by atoms with van der Waals surface area (Å²) in [6, 6.07) is 0. The Labute approximate surface area is 118 Å². The molecule has 0 atom stereocenters. The highest BCUT2D eigenvalue weighted by Crippen LogP contribution is 2.31. The molecule has 0 amide bonds. The monoisotopic (exact) mass is 292 g/mol. The minimum atomic E-state index is 0.123. The lowest BCUT2D eigenvalue weighted by Crippen LogP contribution is -1.96. The van der Waals surface area contributed by atoms with Gasteiger partial charge in [-0.2, -0.15) is 0 Å². The Bertz CT molecular complexity index is 790. The van der Waals surface area contributed by atoms with Crippen LogP contribution in [0.5, 0.6) is 0 Å². The van der Waals surface area contributed by atoms with Gasteiger partial charge in [0.25, 0.3) is 0 Å². The van der Waals surface area contributed by atoms with Crippen LogP contribution < -0.4 is 0 Å². The third kappa shape index (κ3) is 2.02. The highest BCUT2D eigenvalue weighted by Gasteiger charge is 2.15. The van der Waals surface area contributed by atoms with Crippen LogP contribution in [0, 0.1) is 13.8 Å². The molecule has 7 heteroatoms. The highest BCUT2D eigenvalue weighted by molar-refractivity contribution is 7.99. The van der Waals surface area contributed by atoms with E-state index in [9.17, 15) is 4.79 Å². The molecule has 0 saturated heterocycles. The van der Waals surface area contributed by atoms with Crippen LogP contribution in [0.4, 0.5) is 0 Å². The Balaban J connectivity index is 2.19. The highest BCUT2D eigenvalue weighted by atomic mass is 32.2. The number of hydrogen-bond donors (Lipinski definition) is 0. The molecule has 3 aromatic heterocycles. The summed E-state index contributed by atoms with van der Waals surface area (Å²) >= 11 is 3.06. The Hall–Kier alpha value is -1.47. The molecule has 3 rings (SSSR count). The molecule has 0 aromatic carbocycles. The van der Waals surface area contributed by atoms with E-state index in [0.29, 0.717) is 10.9 Å². The van der Waals surface area contributed by atoms with Gasteiger partial charge in [0.05, 0.1) is 11.1 Å². The topological polar surface area (TPSA) is 60.2 Å². The molecule has 0 aliphatic rings. The summed E-state index contributed by atoms with van der Waals surface area (Å²) in [5.41, 5.74) is 2.02. The van der Waals surface area contributed by atoms with Crippen molar-refractivity contribution >= 4 is 44.7 Å². The van der Waals surface area contributed by atoms with E-state index in [2.05, 4.69) is 29.0 Å². The Kier molecular flexibility index (Phi) is 3.02. The molecular weight excluding hydrogens is 280 g/mol. The summed E-state index contributed by atoms with van der Waals surface area (Å²) < 4.78 is 1.86. The lowest BCUT2D eigenvalue weighted by atomic mass is 10.2. The summed E-state index contributed by atoms with van der Waals surface area (Å²) in [6.07, 6.45) is 1.73. The van der Waals surface area contributed by atoms with Crippen molar-refractivity contribution in [3.05, 3.63) is 16.8 Å². The first-order chi connectivity index (χ1) is 9.08. The Morgan fingerprint density at radius 1 is 1.42 bits per heavy atom. The van der Waals surface area contributed by atoms with Gasteiger partial charge in [0, 0.05) is 4.88 Å². The van der Waals surface area contributed by atoms with Gasteiger partial charge in [-0.05, 0) is 26.3 Å². The molecule has 19 heavy (non-hydrogen) atoms. The van der Waals surface area contributed by atoms with E-state index in [1.54, 1.807) is 24.6 Å². The molecule has 0 bridgehead atoms. The first-order valence-corrected chi connectivity index (χ1v) is 7.60. The molecule has 0 N–H and O–H groups in total.